The molecule has 1 amide bonds. The molecule has 0 spiro atoms. The first kappa shape index (κ1) is 22.9. The summed E-state index contributed by atoms with van der Waals surface area (Å²) in [4.78, 5) is 26.0. The molecule has 0 bridgehead atoms. The highest BCUT2D eigenvalue weighted by Crippen LogP contribution is 2.23. The maximum atomic E-state index is 13.3. The van der Waals surface area contributed by atoms with Gasteiger partial charge in [-0.15, -0.1) is 10.2 Å². The molecule has 176 valence electrons. The van der Waals surface area contributed by atoms with Crippen LogP contribution in [0.15, 0.2) is 88.8 Å². The van der Waals surface area contributed by atoms with Crippen molar-refractivity contribution in [3.63, 3.8) is 0 Å². The molecule has 0 saturated carbocycles. The molecule has 0 aliphatic heterocycles. The number of hydrogen-bond donors (Lipinski definition) is 1. The SMILES string of the molecule is CC(C)c1cccc(NC(=O)CSc2nnc3n(Cc4ccccc4)c(=O)c4ccccc4n23)c1. The van der Waals surface area contributed by atoms with Crippen molar-refractivity contribution < 1.29 is 4.79 Å². The first-order valence-corrected chi connectivity index (χ1v) is 12.4. The van der Waals surface area contributed by atoms with E-state index in [1.54, 1.807) is 4.57 Å². The average molecular weight is 484 g/mol. The monoisotopic (exact) mass is 483 g/mol. The van der Waals surface area contributed by atoms with Gasteiger partial charge in [-0.3, -0.25) is 18.6 Å². The molecule has 2 aromatic heterocycles. The molecule has 0 radical (unpaired) electrons. The molecule has 0 unspecified atom stereocenters. The number of hydrogen-bond acceptors (Lipinski definition) is 5. The fourth-order valence-corrected chi connectivity index (χ4v) is 4.78. The number of carbonyl (C=O) groups excluding carboxylic acids is 1. The van der Waals surface area contributed by atoms with Crippen LogP contribution in [-0.4, -0.2) is 30.8 Å². The normalized spacial score (nSPS) is 11.4. The van der Waals surface area contributed by atoms with Crippen molar-refractivity contribution >= 4 is 40.0 Å². The number of thioether (sulfide) groups is 1. The minimum absolute atomic E-state index is 0.122. The Morgan fingerprint density at radius 3 is 2.54 bits per heavy atom. The molecular formula is C27H25N5O2S. The van der Waals surface area contributed by atoms with E-state index in [0.29, 0.717) is 34.3 Å². The lowest BCUT2D eigenvalue weighted by Crippen LogP contribution is -2.24. The summed E-state index contributed by atoms with van der Waals surface area (Å²) in [5.41, 5.74) is 3.53. The molecule has 0 aliphatic rings. The molecule has 1 N–H and O–H groups in total. The van der Waals surface area contributed by atoms with E-state index in [9.17, 15) is 9.59 Å². The molecule has 2 heterocycles. The molecule has 8 heteroatoms. The van der Waals surface area contributed by atoms with Crippen molar-refractivity contribution in [2.75, 3.05) is 11.1 Å². The fraction of sp³-hybridized carbons (Fsp3) is 0.185. The van der Waals surface area contributed by atoms with Gasteiger partial charge < -0.3 is 5.32 Å². The number of benzene rings is 3. The number of anilines is 1. The summed E-state index contributed by atoms with van der Waals surface area (Å²) in [6, 6.07) is 25.1. The average Bonchev–Trinajstić information content (AvgIpc) is 3.30. The molecule has 0 fully saturated rings. The number of amides is 1. The van der Waals surface area contributed by atoms with Crippen molar-refractivity contribution in [1.29, 1.82) is 0 Å². The van der Waals surface area contributed by atoms with E-state index in [1.807, 2.05) is 77.2 Å². The summed E-state index contributed by atoms with van der Waals surface area (Å²) in [5.74, 6) is 0.865. The molecule has 5 rings (SSSR count). The van der Waals surface area contributed by atoms with Gasteiger partial charge in [0.05, 0.1) is 23.2 Å². The summed E-state index contributed by atoms with van der Waals surface area (Å²) in [7, 11) is 0. The molecular weight excluding hydrogens is 458 g/mol. The summed E-state index contributed by atoms with van der Waals surface area (Å²) < 4.78 is 3.49. The molecule has 0 saturated heterocycles. The quantitative estimate of drug-likeness (QED) is 0.332. The van der Waals surface area contributed by atoms with E-state index in [-0.39, 0.29) is 17.2 Å². The second-order valence-corrected chi connectivity index (χ2v) is 9.57. The van der Waals surface area contributed by atoms with Gasteiger partial charge in [0, 0.05) is 5.69 Å². The van der Waals surface area contributed by atoms with Crippen molar-refractivity contribution in [1.82, 2.24) is 19.2 Å². The van der Waals surface area contributed by atoms with Crippen LogP contribution in [0.2, 0.25) is 0 Å². The van der Waals surface area contributed by atoms with Crippen LogP contribution >= 0.6 is 11.8 Å². The summed E-state index contributed by atoms with van der Waals surface area (Å²) in [5, 5.41) is 12.8. The molecule has 35 heavy (non-hydrogen) atoms. The first-order chi connectivity index (χ1) is 17.0. The Morgan fingerprint density at radius 2 is 1.74 bits per heavy atom. The Hall–Kier alpha value is -3.91. The van der Waals surface area contributed by atoms with Crippen molar-refractivity contribution in [3.05, 3.63) is 100 Å². The number of carbonyl (C=O) groups is 1. The van der Waals surface area contributed by atoms with E-state index in [4.69, 9.17) is 0 Å². The van der Waals surface area contributed by atoms with Crippen LogP contribution in [0.3, 0.4) is 0 Å². The highest BCUT2D eigenvalue weighted by atomic mass is 32.2. The van der Waals surface area contributed by atoms with E-state index < -0.39 is 0 Å². The third kappa shape index (κ3) is 4.70. The summed E-state index contributed by atoms with van der Waals surface area (Å²) in [6.45, 7) is 4.62. The lowest BCUT2D eigenvalue weighted by atomic mass is 10.0. The molecule has 3 aromatic carbocycles. The lowest BCUT2D eigenvalue weighted by molar-refractivity contribution is -0.113. The Balaban J connectivity index is 1.46. The number of nitrogens with one attached hydrogen (secondary N) is 1. The zero-order valence-corrected chi connectivity index (χ0v) is 20.3. The lowest BCUT2D eigenvalue weighted by Gasteiger charge is -2.11. The van der Waals surface area contributed by atoms with Gasteiger partial charge in [0.1, 0.15) is 0 Å². The van der Waals surface area contributed by atoms with Crippen LogP contribution in [0.4, 0.5) is 5.69 Å². The number of para-hydroxylation sites is 1. The van der Waals surface area contributed by atoms with Gasteiger partial charge in [-0.1, -0.05) is 80.2 Å². The predicted octanol–water partition coefficient (Wildman–Crippen LogP) is 4.95. The van der Waals surface area contributed by atoms with Crippen LogP contribution in [0.1, 0.15) is 30.9 Å². The zero-order valence-electron chi connectivity index (χ0n) is 19.5. The van der Waals surface area contributed by atoms with Gasteiger partial charge in [0.25, 0.3) is 5.56 Å². The Labute approximate surface area is 206 Å². The standard InChI is InChI=1S/C27H25N5O2S/c1-18(2)20-11-8-12-21(15-20)28-24(33)17-35-27-30-29-26-31(16-19-9-4-3-5-10-19)25(34)22-13-6-7-14-23(22)32(26)27/h3-15,18H,16-17H2,1-2H3,(H,28,33). The highest BCUT2D eigenvalue weighted by Gasteiger charge is 2.18. The minimum Gasteiger partial charge on any atom is -0.325 e. The topological polar surface area (TPSA) is 81.3 Å². The van der Waals surface area contributed by atoms with Gasteiger partial charge in [-0.25, -0.2) is 0 Å². The number of aromatic nitrogens is 4. The second-order valence-electron chi connectivity index (χ2n) is 8.63. The van der Waals surface area contributed by atoms with Crippen molar-refractivity contribution in [2.45, 2.75) is 31.5 Å². The Kier molecular flexibility index (Phi) is 6.37. The van der Waals surface area contributed by atoms with E-state index in [0.717, 1.165) is 11.3 Å². The molecule has 7 nitrogen and oxygen atoms in total. The van der Waals surface area contributed by atoms with Crippen LogP contribution in [0.25, 0.3) is 16.7 Å². The molecule has 0 aliphatic carbocycles. The van der Waals surface area contributed by atoms with Crippen LogP contribution in [0.5, 0.6) is 0 Å². The number of fused-ring (bicyclic) bond motifs is 3. The van der Waals surface area contributed by atoms with E-state index >= 15 is 0 Å². The predicted molar refractivity (Wildman–Crippen MR) is 140 cm³/mol. The maximum absolute atomic E-state index is 13.3. The van der Waals surface area contributed by atoms with Gasteiger partial charge in [-0.2, -0.15) is 0 Å². The van der Waals surface area contributed by atoms with Gasteiger partial charge in [0.15, 0.2) is 5.16 Å². The second kappa shape index (κ2) is 9.76. The van der Waals surface area contributed by atoms with Gasteiger partial charge in [0.2, 0.25) is 11.7 Å². The Bertz CT molecular complexity index is 1570. The van der Waals surface area contributed by atoms with Crippen LogP contribution in [0, 0.1) is 0 Å². The van der Waals surface area contributed by atoms with E-state index in [1.165, 1.54) is 17.3 Å². The number of nitrogens with zero attached hydrogens (tertiary/aromatic N) is 4. The van der Waals surface area contributed by atoms with Gasteiger partial charge in [-0.05, 0) is 41.3 Å². The molecule has 0 atom stereocenters. The first-order valence-electron chi connectivity index (χ1n) is 11.4. The third-order valence-electron chi connectivity index (χ3n) is 5.83. The van der Waals surface area contributed by atoms with Crippen LogP contribution < -0.4 is 10.9 Å². The zero-order chi connectivity index (χ0) is 24.4. The summed E-state index contributed by atoms with van der Waals surface area (Å²) >= 11 is 1.29. The van der Waals surface area contributed by atoms with Crippen LogP contribution in [-0.2, 0) is 11.3 Å². The smallest absolute Gasteiger partial charge is 0.263 e. The van der Waals surface area contributed by atoms with Gasteiger partial charge >= 0.3 is 0 Å². The van der Waals surface area contributed by atoms with E-state index in [2.05, 4.69) is 35.4 Å². The molecule has 5 aromatic rings. The Morgan fingerprint density at radius 1 is 0.971 bits per heavy atom. The fourth-order valence-electron chi connectivity index (χ4n) is 4.04. The third-order valence-corrected chi connectivity index (χ3v) is 6.76. The maximum Gasteiger partial charge on any atom is 0.263 e. The number of rotatable bonds is 7. The van der Waals surface area contributed by atoms with Crippen molar-refractivity contribution in [3.8, 4) is 0 Å². The minimum atomic E-state index is -0.130. The summed E-state index contributed by atoms with van der Waals surface area (Å²) in [6.07, 6.45) is 0. The largest absolute Gasteiger partial charge is 0.325 e. The highest BCUT2D eigenvalue weighted by molar-refractivity contribution is 7.99. The van der Waals surface area contributed by atoms with Crippen molar-refractivity contribution in [2.24, 2.45) is 0 Å².